The van der Waals surface area contributed by atoms with Crippen molar-refractivity contribution in [2.45, 2.75) is 6.54 Å². The van der Waals surface area contributed by atoms with Gasteiger partial charge in [-0.3, -0.25) is 0 Å². The van der Waals surface area contributed by atoms with Crippen molar-refractivity contribution in [1.29, 1.82) is 0 Å². The van der Waals surface area contributed by atoms with E-state index in [1.54, 1.807) is 6.33 Å². The number of anilines is 1. The van der Waals surface area contributed by atoms with E-state index >= 15 is 0 Å². The monoisotopic (exact) mass is 342 g/mol. The summed E-state index contributed by atoms with van der Waals surface area (Å²) in [4.78, 5) is 18.9. The van der Waals surface area contributed by atoms with Crippen LogP contribution in [0.1, 0.15) is 5.69 Å². The van der Waals surface area contributed by atoms with Crippen molar-refractivity contribution in [1.82, 2.24) is 24.9 Å². The molecule has 0 unspecified atom stereocenters. The normalized spacial score (nSPS) is 11.3. The number of aromatic amines is 2. The number of rotatable bonds is 3. The number of halogens is 1. The van der Waals surface area contributed by atoms with Crippen LogP contribution in [0.5, 0.6) is 0 Å². The maximum atomic E-state index is 4.25. The molecule has 4 aromatic rings. The molecule has 0 radical (unpaired) electrons. The average molecular weight is 343 g/mol. The standard InChI is InChI=1S/C14H11BrN6/c15-9-1-2-11-8(3-9)4-10(21-11)5-16-13-12-14(18-6-17-12)20-7-19-13/h1-4,6-7,21H,5H2,(H2,16,17,18,19,20). The predicted octanol–water partition coefficient (Wildman–Crippen LogP) is 3.21. The first-order valence-corrected chi connectivity index (χ1v) is 7.24. The third kappa shape index (κ3) is 2.25. The minimum atomic E-state index is 0.650. The lowest BCUT2D eigenvalue weighted by atomic mass is 10.2. The highest BCUT2D eigenvalue weighted by atomic mass is 79.9. The van der Waals surface area contributed by atoms with E-state index in [0.29, 0.717) is 12.2 Å². The van der Waals surface area contributed by atoms with E-state index in [2.05, 4.69) is 64.4 Å². The van der Waals surface area contributed by atoms with Gasteiger partial charge in [0.1, 0.15) is 11.8 Å². The van der Waals surface area contributed by atoms with Crippen LogP contribution >= 0.6 is 15.9 Å². The van der Waals surface area contributed by atoms with Crippen LogP contribution < -0.4 is 5.32 Å². The summed E-state index contributed by atoms with van der Waals surface area (Å²) in [7, 11) is 0. The molecule has 21 heavy (non-hydrogen) atoms. The van der Waals surface area contributed by atoms with Crippen LogP contribution in [0.2, 0.25) is 0 Å². The fourth-order valence-corrected chi connectivity index (χ4v) is 2.72. The largest absolute Gasteiger partial charge is 0.363 e. The van der Waals surface area contributed by atoms with E-state index in [4.69, 9.17) is 0 Å². The molecule has 0 spiro atoms. The van der Waals surface area contributed by atoms with E-state index in [9.17, 15) is 0 Å². The highest BCUT2D eigenvalue weighted by molar-refractivity contribution is 9.10. The Kier molecular flexibility index (Phi) is 2.85. The molecule has 1 aromatic carbocycles. The minimum absolute atomic E-state index is 0.650. The Labute approximate surface area is 128 Å². The van der Waals surface area contributed by atoms with Crippen molar-refractivity contribution >= 4 is 43.8 Å². The van der Waals surface area contributed by atoms with Gasteiger partial charge in [-0.15, -0.1) is 0 Å². The Morgan fingerprint density at radius 3 is 3.05 bits per heavy atom. The first-order chi connectivity index (χ1) is 10.3. The second-order valence-corrected chi connectivity index (χ2v) is 5.62. The number of hydrogen-bond donors (Lipinski definition) is 3. The zero-order chi connectivity index (χ0) is 14.2. The van der Waals surface area contributed by atoms with Crippen LogP contribution in [-0.4, -0.2) is 24.9 Å². The fourth-order valence-electron chi connectivity index (χ4n) is 2.34. The SMILES string of the molecule is Brc1ccc2[nH]c(CNc3ncnc4nc[nH]c34)cc2c1. The highest BCUT2D eigenvalue weighted by Crippen LogP contribution is 2.21. The second kappa shape index (κ2) is 4.85. The first kappa shape index (κ1) is 12.3. The number of nitrogens with one attached hydrogen (secondary N) is 3. The molecule has 3 heterocycles. The maximum absolute atomic E-state index is 4.25. The molecule has 6 nitrogen and oxygen atoms in total. The molecule has 0 bridgehead atoms. The van der Waals surface area contributed by atoms with Crippen molar-refractivity contribution in [2.24, 2.45) is 0 Å². The molecule has 0 aliphatic rings. The molecule has 0 aliphatic heterocycles. The summed E-state index contributed by atoms with van der Waals surface area (Å²) in [5, 5.41) is 4.48. The molecular weight excluding hydrogens is 332 g/mol. The molecule has 3 aromatic heterocycles. The molecule has 0 aliphatic carbocycles. The highest BCUT2D eigenvalue weighted by Gasteiger charge is 2.06. The number of benzene rings is 1. The van der Waals surface area contributed by atoms with Crippen LogP contribution in [0.15, 0.2) is 41.4 Å². The summed E-state index contributed by atoms with van der Waals surface area (Å²) in [5.74, 6) is 0.748. The maximum Gasteiger partial charge on any atom is 0.182 e. The van der Waals surface area contributed by atoms with Crippen LogP contribution in [-0.2, 0) is 6.54 Å². The Hall–Kier alpha value is -2.41. The van der Waals surface area contributed by atoms with E-state index in [0.717, 1.165) is 27.0 Å². The van der Waals surface area contributed by atoms with Gasteiger partial charge in [-0.1, -0.05) is 15.9 Å². The number of H-pyrrole nitrogens is 2. The average Bonchev–Trinajstić information content (AvgIpc) is 3.10. The molecule has 0 saturated carbocycles. The zero-order valence-corrected chi connectivity index (χ0v) is 12.5. The van der Waals surface area contributed by atoms with Gasteiger partial charge in [0, 0.05) is 21.1 Å². The van der Waals surface area contributed by atoms with E-state index in [-0.39, 0.29) is 0 Å². The van der Waals surface area contributed by atoms with E-state index in [1.807, 2.05) is 6.07 Å². The van der Waals surface area contributed by atoms with Gasteiger partial charge >= 0.3 is 0 Å². The predicted molar refractivity (Wildman–Crippen MR) is 85.0 cm³/mol. The van der Waals surface area contributed by atoms with Crippen LogP contribution in [0, 0.1) is 0 Å². The summed E-state index contributed by atoms with van der Waals surface area (Å²) in [6, 6.07) is 8.29. The summed E-state index contributed by atoms with van der Waals surface area (Å²) in [5.41, 5.74) is 3.68. The minimum Gasteiger partial charge on any atom is -0.363 e. The molecule has 0 atom stereocenters. The molecule has 7 heteroatoms. The third-order valence-electron chi connectivity index (χ3n) is 3.31. The molecular formula is C14H11BrN6. The van der Waals surface area contributed by atoms with Gasteiger partial charge < -0.3 is 15.3 Å². The topological polar surface area (TPSA) is 82.3 Å². The number of hydrogen-bond acceptors (Lipinski definition) is 4. The lowest BCUT2D eigenvalue weighted by Crippen LogP contribution is -2.02. The molecule has 104 valence electrons. The molecule has 4 rings (SSSR count). The summed E-state index contributed by atoms with van der Waals surface area (Å²) in [6.07, 6.45) is 3.12. The van der Waals surface area contributed by atoms with Gasteiger partial charge in [-0.05, 0) is 24.3 Å². The van der Waals surface area contributed by atoms with Gasteiger partial charge in [0.05, 0.1) is 12.9 Å². The van der Waals surface area contributed by atoms with Crippen LogP contribution in [0.3, 0.4) is 0 Å². The molecule has 0 amide bonds. The van der Waals surface area contributed by atoms with Gasteiger partial charge in [0.25, 0.3) is 0 Å². The van der Waals surface area contributed by atoms with Crippen LogP contribution in [0.4, 0.5) is 5.82 Å². The molecule has 0 saturated heterocycles. The van der Waals surface area contributed by atoms with Crippen molar-refractivity contribution < 1.29 is 0 Å². The summed E-state index contributed by atoms with van der Waals surface area (Å²) < 4.78 is 1.07. The summed E-state index contributed by atoms with van der Waals surface area (Å²) >= 11 is 3.48. The molecule has 3 N–H and O–H groups in total. The lowest BCUT2D eigenvalue weighted by molar-refractivity contribution is 1.06. The lowest BCUT2D eigenvalue weighted by Gasteiger charge is -2.04. The van der Waals surface area contributed by atoms with Gasteiger partial charge in [-0.2, -0.15) is 0 Å². The second-order valence-electron chi connectivity index (χ2n) is 4.70. The van der Waals surface area contributed by atoms with Crippen molar-refractivity contribution in [3.63, 3.8) is 0 Å². The Morgan fingerprint density at radius 1 is 1.14 bits per heavy atom. The Morgan fingerprint density at radius 2 is 2.10 bits per heavy atom. The van der Waals surface area contributed by atoms with E-state index < -0.39 is 0 Å². The molecule has 0 fully saturated rings. The van der Waals surface area contributed by atoms with Crippen LogP contribution in [0.25, 0.3) is 22.1 Å². The third-order valence-corrected chi connectivity index (χ3v) is 3.80. The zero-order valence-electron chi connectivity index (χ0n) is 10.9. The fraction of sp³-hybridized carbons (Fsp3) is 0.0714. The Balaban J connectivity index is 1.61. The first-order valence-electron chi connectivity index (χ1n) is 6.45. The quantitative estimate of drug-likeness (QED) is 0.533. The number of nitrogens with zero attached hydrogens (tertiary/aromatic N) is 3. The smallest absolute Gasteiger partial charge is 0.182 e. The number of imidazole rings is 1. The van der Waals surface area contributed by atoms with E-state index in [1.165, 1.54) is 11.7 Å². The van der Waals surface area contributed by atoms with Gasteiger partial charge in [0.2, 0.25) is 0 Å². The van der Waals surface area contributed by atoms with Gasteiger partial charge in [-0.25, -0.2) is 15.0 Å². The summed E-state index contributed by atoms with van der Waals surface area (Å²) in [6.45, 7) is 0.650. The number of fused-ring (bicyclic) bond motifs is 2. The Bertz CT molecular complexity index is 925. The number of aromatic nitrogens is 5. The van der Waals surface area contributed by atoms with Gasteiger partial charge in [0.15, 0.2) is 11.5 Å². The van der Waals surface area contributed by atoms with Crippen molar-refractivity contribution in [2.75, 3.05) is 5.32 Å². The van der Waals surface area contributed by atoms with Crippen molar-refractivity contribution in [3.8, 4) is 0 Å². The van der Waals surface area contributed by atoms with Crippen molar-refractivity contribution in [3.05, 3.63) is 47.1 Å².